The highest BCUT2D eigenvalue weighted by molar-refractivity contribution is 6.34. The van der Waals surface area contributed by atoms with E-state index in [9.17, 15) is 0 Å². The van der Waals surface area contributed by atoms with Crippen LogP contribution in [0.1, 0.15) is 12.8 Å². The summed E-state index contributed by atoms with van der Waals surface area (Å²) < 4.78 is 5.79. The summed E-state index contributed by atoms with van der Waals surface area (Å²) in [7, 11) is 0. The number of ether oxygens (including phenoxy) is 1. The fraction of sp³-hybridized carbons (Fsp3) is 0.455. The van der Waals surface area contributed by atoms with Crippen molar-refractivity contribution in [2.45, 2.75) is 18.9 Å². The predicted octanol–water partition coefficient (Wildman–Crippen LogP) is 3.12. The number of hydrogen-bond acceptors (Lipinski definition) is 2. The largest absolute Gasteiger partial charge is 0.489 e. The summed E-state index contributed by atoms with van der Waals surface area (Å²) in [5, 5.41) is 4.52. The van der Waals surface area contributed by atoms with Crippen LogP contribution in [0.2, 0.25) is 10.0 Å². The minimum Gasteiger partial charge on any atom is -0.489 e. The Bertz CT molecular complexity index is 317. The molecule has 1 saturated heterocycles. The SMILES string of the molecule is Clc1cc(Cl)cc(OC2CCCNC2)c1. The minimum atomic E-state index is 0.230. The molecule has 4 heteroatoms. The second-order valence-electron chi connectivity index (χ2n) is 3.69. The number of halogens is 2. The highest BCUT2D eigenvalue weighted by Crippen LogP contribution is 2.25. The summed E-state index contributed by atoms with van der Waals surface area (Å²) in [5.74, 6) is 0.751. The van der Waals surface area contributed by atoms with E-state index in [1.54, 1.807) is 18.2 Å². The topological polar surface area (TPSA) is 21.3 Å². The van der Waals surface area contributed by atoms with Gasteiger partial charge in [0.25, 0.3) is 0 Å². The van der Waals surface area contributed by atoms with Gasteiger partial charge in [0, 0.05) is 16.6 Å². The third-order valence-electron chi connectivity index (χ3n) is 2.39. The van der Waals surface area contributed by atoms with Crippen LogP contribution in [-0.2, 0) is 0 Å². The molecule has 1 N–H and O–H groups in total. The minimum absolute atomic E-state index is 0.230. The maximum Gasteiger partial charge on any atom is 0.122 e. The van der Waals surface area contributed by atoms with Crippen LogP contribution in [-0.4, -0.2) is 19.2 Å². The van der Waals surface area contributed by atoms with Gasteiger partial charge in [-0.2, -0.15) is 0 Å². The van der Waals surface area contributed by atoms with Crippen molar-refractivity contribution in [2.75, 3.05) is 13.1 Å². The summed E-state index contributed by atoms with van der Waals surface area (Å²) in [4.78, 5) is 0. The Labute approximate surface area is 99.5 Å². The Morgan fingerprint density at radius 2 is 1.93 bits per heavy atom. The molecule has 0 amide bonds. The van der Waals surface area contributed by atoms with Gasteiger partial charge >= 0.3 is 0 Å². The molecular formula is C11H13Cl2NO. The van der Waals surface area contributed by atoms with Crippen LogP contribution < -0.4 is 10.1 Å². The molecule has 0 bridgehead atoms. The van der Waals surface area contributed by atoms with Gasteiger partial charge < -0.3 is 10.1 Å². The number of benzene rings is 1. The van der Waals surface area contributed by atoms with E-state index in [1.807, 2.05) is 0 Å². The zero-order chi connectivity index (χ0) is 10.7. The first kappa shape index (κ1) is 11.1. The van der Waals surface area contributed by atoms with Crippen LogP contribution in [0.3, 0.4) is 0 Å². The van der Waals surface area contributed by atoms with E-state index < -0.39 is 0 Å². The van der Waals surface area contributed by atoms with E-state index >= 15 is 0 Å². The van der Waals surface area contributed by atoms with E-state index in [0.29, 0.717) is 10.0 Å². The standard InChI is InChI=1S/C11H13Cl2NO/c12-8-4-9(13)6-11(5-8)15-10-2-1-3-14-7-10/h4-6,10,14H,1-3,7H2. The molecule has 1 aliphatic heterocycles. The van der Waals surface area contributed by atoms with Crippen LogP contribution in [0, 0.1) is 0 Å². The van der Waals surface area contributed by atoms with Crippen molar-refractivity contribution in [2.24, 2.45) is 0 Å². The Kier molecular flexibility index (Phi) is 3.73. The van der Waals surface area contributed by atoms with E-state index in [4.69, 9.17) is 27.9 Å². The molecule has 1 aliphatic rings. The average molecular weight is 246 g/mol. The first-order valence-electron chi connectivity index (χ1n) is 5.07. The fourth-order valence-corrected chi connectivity index (χ4v) is 2.22. The second-order valence-corrected chi connectivity index (χ2v) is 4.56. The van der Waals surface area contributed by atoms with Crippen LogP contribution in [0.25, 0.3) is 0 Å². The summed E-state index contributed by atoms with van der Waals surface area (Å²) >= 11 is 11.8. The van der Waals surface area contributed by atoms with Gasteiger partial charge in [0.2, 0.25) is 0 Å². The zero-order valence-corrected chi connectivity index (χ0v) is 9.81. The summed E-state index contributed by atoms with van der Waals surface area (Å²) in [5.41, 5.74) is 0. The lowest BCUT2D eigenvalue weighted by atomic mass is 10.1. The number of nitrogens with one attached hydrogen (secondary N) is 1. The molecule has 1 aromatic rings. The van der Waals surface area contributed by atoms with Crippen molar-refractivity contribution in [3.63, 3.8) is 0 Å². The van der Waals surface area contributed by atoms with Crippen molar-refractivity contribution >= 4 is 23.2 Å². The molecule has 0 radical (unpaired) electrons. The fourth-order valence-electron chi connectivity index (χ4n) is 1.71. The molecule has 0 aromatic heterocycles. The van der Waals surface area contributed by atoms with Crippen molar-refractivity contribution in [1.29, 1.82) is 0 Å². The Morgan fingerprint density at radius 3 is 2.53 bits per heavy atom. The third-order valence-corrected chi connectivity index (χ3v) is 2.83. The van der Waals surface area contributed by atoms with Crippen molar-refractivity contribution < 1.29 is 4.74 Å². The van der Waals surface area contributed by atoms with E-state index in [0.717, 1.165) is 31.7 Å². The lowest BCUT2D eigenvalue weighted by Gasteiger charge is -2.24. The highest BCUT2D eigenvalue weighted by atomic mass is 35.5. The zero-order valence-electron chi connectivity index (χ0n) is 8.30. The second kappa shape index (κ2) is 5.06. The molecule has 2 rings (SSSR count). The Hall–Kier alpha value is -0.440. The predicted molar refractivity (Wildman–Crippen MR) is 63.0 cm³/mol. The van der Waals surface area contributed by atoms with Gasteiger partial charge in [-0.15, -0.1) is 0 Å². The molecule has 1 unspecified atom stereocenters. The molecule has 0 aliphatic carbocycles. The number of rotatable bonds is 2. The van der Waals surface area contributed by atoms with Gasteiger partial charge in [0.05, 0.1) is 0 Å². The normalized spacial score (nSPS) is 21.3. The smallest absolute Gasteiger partial charge is 0.122 e. The first-order valence-corrected chi connectivity index (χ1v) is 5.83. The molecule has 1 aromatic carbocycles. The lowest BCUT2D eigenvalue weighted by Crippen LogP contribution is -2.37. The van der Waals surface area contributed by atoms with Crippen LogP contribution in [0.4, 0.5) is 0 Å². The quantitative estimate of drug-likeness (QED) is 0.865. The van der Waals surface area contributed by atoms with Crippen LogP contribution >= 0.6 is 23.2 Å². The van der Waals surface area contributed by atoms with Gasteiger partial charge in [-0.1, -0.05) is 23.2 Å². The molecule has 2 nitrogen and oxygen atoms in total. The maximum absolute atomic E-state index is 5.89. The summed E-state index contributed by atoms with van der Waals surface area (Å²) in [6.07, 6.45) is 2.46. The first-order chi connectivity index (χ1) is 7.24. The van der Waals surface area contributed by atoms with Gasteiger partial charge in [-0.05, 0) is 37.6 Å². The number of piperidine rings is 1. The summed E-state index contributed by atoms with van der Waals surface area (Å²) in [6, 6.07) is 5.29. The Balaban J connectivity index is 2.02. The van der Waals surface area contributed by atoms with Crippen molar-refractivity contribution in [3.8, 4) is 5.75 Å². The van der Waals surface area contributed by atoms with Crippen LogP contribution in [0.15, 0.2) is 18.2 Å². The summed E-state index contributed by atoms with van der Waals surface area (Å²) in [6.45, 7) is 1.97. The highest BCUT2D eigenvalue weighted by Gasteiger charge is 2.14. The molecule has 15 heavy (non-hydrogen) atoms. The molecule has 1 atom stereocenters. The third kappa shape index (κ3) is 3.26. The van der Waals surface area contributed by atoms with Gasteiger partial charge in [-0.25, -0.2) is 0 Å². The molecule has 1 heterocycles. The lowest BCUT2D eigenvalue weighted by molar-refractivity contribution is 0.167. The molecule has 0 saturated carbocycles. The van der Waals surface area contributed by atoms with Gasteiger partial charge in [0.15, 0.2) is 0 Å². The maximum atomic E-state index is 5.89. The van der Waals surface area contributed by atoms with E-state index in [2.05, 4.69) is 5.32 Å². The van der Waals surface area contributed by atoms with Crippen molar-refractivity contribution in [1.82, 2.24) is 5.32 Å². The Morgan fingerprint density at radius 1 is 1.20 bits per heavy atom. The monoisotopic (exact) mass is 245 g/mol. The molecule has 82 valence electrons. The van der Waals surface area contributed by atoms with Crippen molar-refractivity contribution in [3.05, 3.63) is 28.2 Å². The van der Waals surface area contributed by atoms with E-state index in [-0.39, 0.29) is 6.10 Å². The molecular weight excluding hydrogens is 233 g/mol. The molecule has 1 fully saturated rings. The average Bonchev–Trinajstić information content (AvgIpc) is 2.17. The molecule has 0 spiro atoms. The van der Waals surface area contributed by atoms with Crippen LogP contribution in [0.5, 0.6) is 5.75 Å². The van der Waals surface area contributed by atoms with Gasteiger partial charge in [-0.3, -0.25) is 0 Å². The van der Waals surface area contributed by atoms with Gasteiger partial charge in [0.1, 0.15) is 11.9 Å². The number of hydrogen-bond donors (Lipinski definition) is 1. The van der Waals surface area contributed by atoms with E-state index in [1.165, 1.54) is 0 Å².